The summed E-state index contributed by atoms with van der Waals surface area (Å²) < 4.78 is 5.73. The summed E-state index contributed by atoms with van der Waals surface area (Å²) in [6.45, 7) is -0.520. The van der Waals surface area contributed by atoms with Crippen LogP contribution in [0.4, 0.5) is 0 Å². The van der Waals surface area contributed by atoms with Crippen molar-refractivity contribution >= 4 is 0 Å². The van der Waals surface area contributed by atoms with Crippen LogP contribution in [0.15, 0.2) is 21.9 Å². The van der Waals surface area contributed by atoms with Crippen LogP contribution in [-0.4, -0.2) is 49.8 Å². The molecule has 1 fully saturated rings. The molecule has 8 nitrogen and oxygen atoms in total. The van der Waals surface area contributed by atoms with Gasteiger partial charge < -0.3 is 25.0 Å². The Bertz CT molecular complexity index is 480. The summed E-state index contributed by atoms with van der Waals surface area (Å²) in [4.78, 5) is 25.2. The highest BCUT2D eigenvalue weighted by Crippen LogP contribution is 2.26. The zero-order chi connectivity index (χ0) is 12.6. The maximum absolute atomic E-state index is 11.5. The second kappa shape index (κ2) is 4.41. The normalized spacial score (nSPS) is 32.9. The number of nitrogens with one attached hydrogen (secondary N) is 1. The topological polar surface area (TPSA) is 125 Å². The summed E-state index contributed by atoms with van der Waals surface area (Å²) in [5.74, 6) is 0. The monoisotopic (exact) mass is 244 g/mol. The third-order valence-electron chi connectivity index (χ3n) is 2.66. The molecule has 8 heteroatoms. The van der Waals surface area contributed by atoms with Gasteiger partial charge in [0.2, 0.25) is 0 Å². The minimum Gasteiger partial charge on any atom is -0.394 e. The quantitative estimate of drug-likeness (QED) is 0.444. The number of nitrogens with zero attached hydrogens (tertiary/aromatic N) is 1. The van der Waals surface area contributed by atoms with Crippen molar-refractivity contribution in [2.75, 3.05) is 6.61 Å². The summed E-state index contributed by atoms with van der Waals surface area (Å²) in [5.41, 5.74) is -1.42. The van der Waals surface area contributed by atoms with E-state index in [-0.39, 0.29) is 0 Å². The first-order chi connectivity index (χ1) is 8.06. The van der Waals surface area contributed by atoms with Gasteiger partial charge in [0.15, 0.2) is 6.23 Å². The molecular formula is C9H12N2O6. The fraction of sp³-hybridized carbons (Fsp3) is 0.556. The Morgan fingerprint density at radius 2 is 2.06 bits per heavy atom. The third-order valence-corrected chi connectivity index (χ3v) is 2.66. The lowest BCUT2D eigenvalue weighted by atomic mass is 10.1. The van der Waals surface area contributed by atoms with Gasteiger partial charge in [0, 0.05) is 12.3 Å². The highest BCUT2D eigenvalue weighted by atomic mass is 16.6. The van der Waals surface area contributed by atoms with Gasteiger partial charge in [-0.15, -0.1) is 0 Å². The van der Waals surface area contributed by atoms with Crippen LogP contribution in [0.2, 0.25) is 0 Å². The second-order valence-electron chi connectivity index (χ2n) is 3.72. The van der Waals surface area contributed by atoms with Gasteiger partial charge in [-0.25, -0.2) is 9.36 Å². The van der Waals surface area contributed by atoms with Gasteiger partial charge in [-0.05, 0) is 0 Å². The van der Waals surface area contributed by atoms with E-state index < -0.39 is 42.4 Å². The molecule has 0 aliphatic carbocycles. The van der Waals surface area contributed by atoms with E-state index in [2.05, 4.69) is 4.98 Å². The minimum absolute atomic E-state index is 0.520. The van der Waals surface area contributed by atoms with E-state index in [1.807, 2.05) is 0 Å². The summed E-state index contributed by atoms with van der Waals surface area (Å²) >= 11 is 0. The van der Waals surface area contributed by atoms with Crippen molar-refractivity contribution in [1.82, 2.24) is 9.55 Å². The van der Waals surface area contributed by atoms with Crippen molar-refractivity contribution in [2.45, 2.75) is 24.5 Å². The molecule has 0 aromatic carbocycles. The van der Waals surface area contributed by atoms with E-state index in [1.54, 1.807) is 0 Å². The van der Waals surface area contributed by atoms with Gasteiger partial charge in [-0.1, -0.05) is 0 Å². The Kier molecular flexibility index (Phi) is 3.11. The van der Waals surface area contributed by atoms with Gasteiger partial charge >= 0.3 is 5.69 Å². The zero-order valence-corrected chi connectivity index (χ0v) is 8.68. The molecule has 2 rings (SSSR count). The van der Waals surface area contributed by atoms with Gasteiger partial charge in [0.1, 0.15) is 18.3 Å². The first kappa shape index (κ1) is 12.0. The maximum atomic E-state index is 11.5. The zero-order valence-electron chi connectivity index (χ0n) is 8.68. The van der Waals surface area contributed by atoms with Crippen molar-refractivity contribution in [3.05, 3.63) is 33.1 Å². The molecule has 94 valence electrons. The Hall–Kier alpha value is -1.48. The maximum Gasteiger partial charge on any atom is 0.330 e. The number of rotatable bonds is 2. The fourth-order valence-corrected chi connectivity index (χ4v) is 1.77. The second-order valence-corrected chi connectivity index (χ2v) is 3.72. The van der Waals surface area contributed by atoms with E-state index in [1.165, 1.54) is 6.20 Å². The SMILES string of the molecule is O=c1cc[nH]c(=O)n1[C@@H]1O[C@H](CO)C(O)[C@@H]1O. The molecule has 1 aliphatic heterocycles. The molecule has 1 aliphatic rings. The number of aliphatic hydroxyl groups excluding tert-OH is 3. The van der Waals surface area contributed by atoms with Crippen LogP contribution in [-0.2, 0) is 4.74 Å². The number of aliphatic hydroxyl groups is 3. The van der Waals surface area contributed by atoms with E-state index in [0.717, 1.165) is 6.07 Å². The lowest BCUT2D eigenvalue weighted by Crippen LogP contribution is -2.42. The van der Waals surface area contributed by atoms with Crippen molar-refractivity contribution in [3.63, 3.8) is 0 Å². The summed E-state index contributed by atoms with van der Waals surface area (Å²) in [6.07, 6.45) is -3.96. The van der Waals surface area contributed by atoms with Crippen LogP contribution in [0.25, 0.3) is 0 Å². The summed E-state index contributed by atoms with van der Waals surface area (Å²) in [6, 6.07) is 1.09. The lowest BCUT2D eigenvalue weighted by molar-refractivity contribution is -0.0564. The Morgan fingerprint density at radius 1 is 1.35 bits per heavy atom. The molecule has 1 aromatic rings. The standard InChI is InChI=1S/C9H12N2O6/c12-3-4-6(14)7(15)8(17-4)11-5(13)1-2-10-9(11)16/h1-2,4,6-8,12,14-15H,3H2,(H,10,16)/t4-,6?,7+,8-/m1/s1. The highest BCUT2D eigenvalue weighted by Gasteiger charge is 2.44. The van der Waals surface area contributed by atoms with Gasteiger partial charge in [-0.2, -0.15) is 0 Å². The van der Waals surface area contributed by atoms with Gasteiger partial charge in [0.05, 0.1) is 6.61 Å². The number of aromatic nitrogens is 2. The Labute approximate surface area is 94.7 Å². The molecule has 4 N–H and O–H groups in total. The van der Waals surface area contributed by atoms with Gasteiger partial charge in [-0.3, -0.25) is 4.79 Å². The predicted molar refractivity (Wildman–Crippen MR) is 54.3 cm³/mol. The minimum atomic E-state index is -1.45. The molecule has 1 saturated heterocycles. The molecule has 0 bridgehead atoms. The summed E-state index contributed by atoms with van der Waals surface area (Å²) in [5, 5.41) is 28.1. The largest absolute Gasteiger partial charge is 0.394 e. The average Bonchev–Trinajstić information content (AvgIpc) is 2.57. The van der Waals surface area contributed by atoms with Crippen LogP contribution in [0.1, 0.15) is 6.23 Å². The first-order valence-corrected chi connectivity index (χ1v) is 4.99. The Morgan fingerprint density at radius 3 is 2.59 bits per heavy atom. The Balaban J connectivity index is 2.42. The van der Waals surface area contributed by atoms with E-state index >= 15 is 0 Å². The third kappa shape index (κ3) is 1.91. The van der Waals surface area contributed by atoms with Crippen LogP contribution >= 0.6 is 0 Å². The van der Waals surface area contributed by atoms with Crippen molar-refractivity contribution in [2.24, 2.45) is 0 Å². The molecule has 17 heavy (non-hydrogen) atoms. The molecular weight excluding hydrogens is 232 g/mol. The van der Waals surface area contributed by atoms with E-state index in [4.69, 9.17) is 9.84 Å². The van der Waals surface area contributed by atoms with Crippen LogP contribution in [0, 0.1) is 0 Å². The van der Waals surface area contributed by atoms with Gasteiger partial charge in [0.25, 0.3) is 5.56 Å². The number of ether oxygens (including phenoxy) is 1. The molecule has 0 amide bonds. The number of hydrogen-bond acceptors (Lipinski definition) is 6. The highest BCUT2D eigenvalue weighted by molar-refractivity contribution is 4.93. The molecule has 4 atom stereocenters. The predicted octanol–water partition coefficient (Wildman–Crippen LogP) is -2.85. The van der Waals surface area contributed by atoms with Crippen molar-refractivity contribution < 1.29 is 20.1 Å². The van der Waals surface area contributed by atoms with Crippen LogP contribution in [0.5, 0.6) is 0 Å². The van der Waals surface area contributed by atoms with Crippen molar-refractivity contribution in [3.8, 4) is 0 Å². The fourth-order valence-electron chi connectivity index (χ4n) is 1.77. The average molecular weight is 244 g/mol. The van der Waals surface area contributed by atoms with E-state index in [9.17, 15) is 19.8 Å². The first-order valence-electron chi connectivity index (χ1n) is 4.99. The summed E-state index contributed by atoms with van der Waals surface area (Å²) in [7, 11) is 0. The molecule has 1 unspecified atom stereocenters. The molecule has 0 saturated carbocycles. The van der Waals surface area contributed by atoms with Crippen LogP contribution < -0.4 is 11.2 Å². The van der Waals surface area contributed by atoms with Crippen LogP contribution in [0.3, 0.4) is 0 Å². The van der Waals surface area contributed by atoms with E-state index in [0.29, 0.717) is 4.57 Å². The number of aromatic amines is 1. The lowest BCUT2D eigenvalue weighted by Gasteiger charge is -2.15. The number of hydrogen-bond donors (Lipinski definition) is 4. The molecule has 0 spiro atoms. The van der Waals surface area contributed by atoms with Crippen molar-refractivity contribution in [1.29, 1.82) is 0 Å². The molecule has 0 radical (unpaired) electrons. The molecule has 1 aromatic heterocycles. The molecule has 2 heterocycles. The number of H-pyrrole nitrogens is 1. The smallest absolute Gasteiger partial charge is 0.330 e.